The molecule has 3 saturated heterocycles. The number of aromatic nitrogens is 2. The second-order valence-electron chi connectivity index (χ2n) is 16.1. The van der Waals surface area contributed by atoms with Crippen molar-refractivity contribution in [1.82, 2.24) is 19.8 Å². The molecular formula is C36H53N5O7. The second kappa shape index (κ2) is 12.5. The van der Waals surface area contributed by atoms with Gasteiger partial charge < -0.3 is 23.8 Å². The fraction of sp³-hybridized carbons (Fsp3) is 0.806. The summed E-state index contributed by atoms with van der Waals surface area (Å²) >= 11 is 0. The van der Waals surface area contributed by atoms with Crippen molar-refractivity contribution in [2.75, 3.05) is 51.3 Å². The Hall–Kier alpha value is -2.83. The molecule has 0 aromatic carbocycles. The number of ether oxygens (including phenoxy) is 4. The molecule has 12 heteroatoms. The molecule has 3 aliphatic heterocycles. The molecule has 0 radical (unpaired) electrons. The minimum atomic E-state index is -0.937. The van der Waals surface area contributed by atoms with Crippen molar-refractivity contribution in [1.29, 1.82) is 0 Å². The number of likely N-dealkylation sites (N-methyl/N-ethyl adjacent to an activating group) is 1. The number of anilines is 1. The number of rotatable bonds is 6. The third kappa shape index (κ3) is 5.99. The number of likely N-dealkylation sites (tertiary alicyclic amines) is 1. The molecule has 4 heterocycles. The first-order valence-electron chi connectivity index (χ1n) is 18.2. The van der Waals surface area contributed by atoms with Crippen LogP contribution in [0.1, 0.15) is 109 Å². The van der Waals surface area contributed by atoms with Crippen LogP contribution in [0.25, 0.3) is 0 Å². The van der Waals surface area contributed by atoms with Crippen LogP contribution in [0.15, 0.2) is 6.07 Å². The quantitative estimate of drug-likeness (QED) is 0.308. The van der Waals surface area contributed by atoms with E-state index in [1.54, 1.807) is 0 Å². The zero-order valence-electron chi connectivity index (χ0n) is 29.4. The van der Waals surface area contributed by atoms with Crippen LogP contribution in [0.5, 0.6) is 5.88 Å². The molecule has 3 aliphatic carbocycles. The van der Waals surface area contributed by atoms with E-state index < -0.39 is 22.7 Å². The van der Waals surface area contributed by atoms with Gasteiger partial charge in [-0.05, 0) is 92.7 Å². The highest BCUT2D eigenvalue weighted by atomic mass is 16.7. The van der Waals surface area contributed by atoms with Crippen molar-refractivity contribution >= 4 is 23.5 Å². The predicted molar refractivity (Wildman–Crippen MR) is 177 cm³/mol. The number of hydrogen-bond acceptors (Lipinski definition) is 11. The number of amides is 1. The summed E-state index contributed by atoms with van der Waals surface area (Å²) in [6, 6.07) is 2.06. The number of fused-ring (bicyclic) bond motifs is 1. The van der Waals surface area contributed by atoms with Crippen molar-refractivity contribution in [3.05, 3.63) is 11.9 Å². The topological polar surface area (TPSA) is 124 Å². The van der Waals surface area contributed by atoms with Crippen LogP contribution >= 0.6 is 0 Å². The number of ketones is 2. The smallest absolute Gasteiger partial charge is 0.410 e. The zero-order chi connectivity index (χ0) is 33.9. The van der Waals surface area contributed by atoms with Gasteiger partial charge in [0.25, 0.3) is 0 Å². The molecule has 12 nitrogen and oxygen atoms in total. The first-order chi connectivity index (χ1) is 22.9. The maximum Gasteiger partial charge on any atom is 0.410 e. The zero-order valence-corrected chi connectivity index (χ0v) is 29.4. The summed E-state index contributed by atoms with van der Waals surface area (Å²) in [7, 11) is 2.11. The molecule has 7 rings (SSSR count). The Bertz CT molecular complexity index is 1420. The lowest BCUT2D eigenvalue weighted by Crippen LogP contribution is -2.60. The Kier molecular flexibility index (Phi) is 8.76. The molecule has 48 heavy (non-hydrogen) atoms. The van der Waals surface area contributed by atoms with Gasteiger partial charge >= 0.3 is 6.09 Å². The summed E-state index contributed by atoms with van der Waals surface area (Å²) in [4.78, 5) is 58.0. The van der Waals surface area contributed by atoms with Crippen LogP contribution < -0.4 is 9.64 Å². The molecule has 3 saturated carbocycles. The number of carbonyl (C=O) groups excluding carboxylic acids is 3. The lowest BCUT2D eigenvalue weighted by Gasteiger charge is -2.51. The standard InChI is InChI=1S/C36H53N5O7/c1-24(26-11-9-17-39(26)5)47-28-22-27(40-18-19-41(34(23-40)15-16-34)32(44)48-33(2,3)4)37-31(38-28)29(42)25-10-8-13-35(30(25)43)12-6-7-14-36(35)45-20-21-46-36/h22,24-26H,6-21,23H2,1-5H3/t24-,25?,26-,35-/m0/s1. The number of nitrogens with zero attached hydrogens (tertiary/aromatic N) is 5. The van der Waals surface area contributed by atoms with Gasteiger partial charge in [0, 0.05) is 38.2 Å². The Labute approximate surface area is 284 Å². The van der Waals surface area contributed by atoms with Crippen LogP contribution in [0, 0.1) is 11.3 Å². The summed E-state index contributed by atoms with van der Waals surface area (Å²) in [6.07, 6.45) is 8.50. The minimum Gasteiger partial charge on any atom is -0.473 e. The van der Waals surface area contributed by atoms with Crippen LogP contribution in [-0.2, 0) is 19.0 Å². The van der Waals surface area contributed by atoms with Gasteiger partial charge in [0.1, 0.15) is 17.5 Å². The highest BCUT2D eigenvalue weighted by Crippen LogP contribution is 2.56. The summed E-state index contributed by atoms with van der Waals surface area (Å²) in [5.41, 5.74) is -1.74. The minimum absolute atomic E-state index is 0.0161. The second-order valence-corrected chi connectivity index (χ2v) is 16.1. The Morgan fingerprint density at radius 2 is 1.69 bits per heavy atom. The number of Topliss-reactive ketones (excluding diaryl/α,β-unsaturated/α-hetero) is 2. The highest BCUT2D eigenvalue weighted by Gasteiger charge is 2.64. The Balaban J connectivity index is 1.18. The van der Waals surface area contributed by atoms with Crippen molar-refractivity contribution in [2.24, 2.45) is 11.3 Å². The predicted octanol–water partition coefficient (Wildman–Crippen LogP) is 4.78. The number of carbonyl (C=O) groups is 3. The van der Waals surface area contributed by atoms with Crippen molar-refractivity contribution in [2.45, 2.75) is 127 Å². The summed E-state index contributed by atoms with van der Waals surface area (Å²) < 4.78 is 24.7. The molecule has 4 atom stereocenters. The third-order valence-corrected chi connectivity index (χ3v) is 11.8. The molecule has 1 unspecified atom stereocenters. The average Bonchev–Trinajstić information content (AvgIpc) is 3.40. The van der Waals surface area contributed by atoms with E-state index in [4.69, 9.17) is 28.9 Å². The van der Waals surface area contributed by atoms with E-state index in [0.29, 0.717) is 70.2 Å². The van der Waals surface area contributed by atoms with Crippen molar-refractivity contribution < 1.29 is 33.3 Å². The largest absolute Gasteiger partial charge is 0.473 e. The normalized spacial score (nSPS) is 30.6. The third-order valence-electron chi connectivity index (χ3n) is 11.8. The SMILES string of the molecule is C[C@H](Oc1cc(N2CCN(C(=O)OC(C)(C)C)C3(CC3)C2)nc(C(=O)C2CCC[C@@]3(CCCCC34OCCO4)C2=O)n1)[C@@H]1CCCN1C. The first kappa shape index (κ1) is 33.7. The van der Waals surface area contributed by atoms with E-state index in [0.717, 1.165) is 51.5 Å². The van der Waals surface area contributed by atoms with Gasteiger partial charge in [-0.3, -0.25) is 19.4 Å². The molecule has 264 valence electrons. The van der Waals surface area contributed by atoms with Gasteiger partial charge in [-0.15, -0.1) is 0 Å². The maximum absolute atomic E-state index is 14.5. The van der Waals surface area contributed by atoms with E-state index in [1.807, 2.05) is 38.7 Å². The van der Waals surface area contributed by atoms with E-state index in [9.17, 15) is 14.4 Å². The van der Waals surface area contributed by atoms with Crippen LogP contribution in [-0.4, -0.2) is 113 Å². The summed E-state index contributed by atoms with van der Waals surface area (Å²) in [5, 5.41) is 0. The highest BCUT2D eigenvalue weighted by molar-refractivity contribution is 6.11. The molecule has 6 aliphatic rings. The Morgan fingerprint density at radius 1 is 0.958 bits per heavy atom. The molecule has 0 bridgehead atoms. The molecular weight excluding hydrogens is 614 g/mol. The van der Waals surface area contributed by atoms with Gasteiger partial charge in [-0.1, -0.05) is 12.8 Å². The van der Waals surface area contributed by atoms with E-state index >= 15 is 0 Å². The molecule has 3 spiro atoms. The molecule has 6 fully saturated rings. The van der Waals surface area contributed by atoms with Crippen LogP contribution in [0.3, 0.4) is 0 Å². The lowest BCUT2D eigenvalue weighted by atomic mass is 9.57. The van der Waals surface area contributed by atoms with Gasteiger partial charge in [-0.25, -0.2) is 9.78 Å². The van der Waals surface area contributed by atoms with Crippen molar-refractivity contribution in [3.63, 3.8) is 0 Å². The van der Waals surface area contributed by atoms with Gasteiger partial charge in [0.15, 0.2) is 11.6 Å². The Morgan fingerprint density at radius 3 is 2.38 bits per heavy atom. The molecule has 1 aromatic heterocycles. The van der Waals surface area contributed by atoms with E-state index in [2.05, 4.69) is 16.8 Å². The fourth-order valence-electron chi connectivity index (χ4n) is 9.21. The van der Waals surface area contributed by atoms with Crippen LogP contribution in [0.4, 0.5) is 10.6 Å². The number of hydrogen-bond donors (Lipinski definition) is 0. The molecule has 1 aromatic rings. The maximum atomic E-state index is 14.5. The van der Waals surface area contributed by atoms with E-state index in [1.165, 1.54) is 0 Å². The fourth-order valence-corrected chi connectivity index (χ4v) is 9.21. The van der Waals surface area contributed by atoms with Gasteiger partial charge in [0.05, 0.1) is 30.1 Å². The monoisotopic (exact) mass is 667 g/mol. The molecule has 0 N–H and O–H groups in total. The van der Waals surface area contributed by atoms with Crippen LogP contribution in [0.2, 0.25) is 0 Å². The average molecular weight is 668 g/mol. The van der Waals surface area contributed by atoms with Crippen molar-refractivity contribution in [3.8, 4) is 5.88 Å². The molecule has 1 amide bonds. The first-order valence-corrected chi connectivity index (χ1v) is 18.2. The summed E-state index contributed by atoms with van der Waals surface area (Å²) in [6.45, 7) is 11.2. The van der Waals surface area contributed by atoms with Gasteiger partial charge in [-0.2, -0.15) is 4.98 Å². The summed E-state index contributed by atoms with van der Waals surface area (Å²) in [5.74, 6) is -1.30. The lowest BCUT2D eigenvalue weighted by molar-refractivity contribution is -0.255. The van der Waals surface area contributed by atoms with Gasteiger partial charge in [0.2, 0.25) is 17.5 Å². The van der Waals surface area contributed by atoms with E-state index in [-0.39, 0.29) is 41.2 Å². The number of piperazine rings is 1.